The summed E-state index contributed by atoms with van der Waals surface area (Å²) in [7, 11) is 0. The molecule has 0 aliphatic carbocycles. The molecule has 0 bridgehead atoms. The number of aromatic nitrogens is 1. The summed E-state index contributed by atoms with van der Waals surface area (Å²) >= 11 is 0. The number of carbonyl (C=O) groups excluding carboxylic acids is 1. The van der Waals surface area contributed by atoms with E-state index < -0.39 is 0 Å². The molecule has 0 aliphatic rings. The van der Waals surface area contributed by atoms with Crippen LogP contribution in [0.5, 0.6) is 0 Å². The number of rotatable bonds is 7. The van der Waals surface area contributed by atoms with Crippen LogP contribution in [-0.2, 0) is 6.42 Å². The average Bonchev–Trinajstić information content (AvgIpc) is 3.25. The molecule has 5 rings (SSSR count). The molecule has 1 heterocycles. The van der Waals surface area contributed by atoms with Crippen molar-refractivity contribution in [2.75, 3.05) is 5.01 Å². The fourth-order valence-corrected chi connectivity index (χ4v) is 4.22. The molecule has 0 unspecified atom stereocenters. The zero-order chi connectivity index (χ0) is 22.6. The molecule has 0 saturated heterocycles. The quantitative estimate of drug-likeness (QED) is 0.178. The third kappa shape index (κ3) is 3.85. The van der Waals surface area contributed by atoms with Crippen LogP contribution in [0.25, 0.3) is 21.8 Å². The van der Waals surface area contributed by atoms with Gasteiger partial charge in [0.25, 0.3) is 0 Å². The van der Waals surface area contributed by atoms with Crippen molar-refractivity contribution >= 4 is 45.7 Å². The Morgan fingerprint density at radius 3 is 2.12 bits per heavy atom. The molecule has 5 aromatic rings. The predicted octanol–water partition coefficient (Wildman–Crippen LogP) is 6.37. The lowest BCUT2D eigenvalue weighted by molar-refractivity contribution is 0.112. The summed E-state index contributed by atoms with van der Waals surface area (Å²) in [6.07, 6.45) is 3.43. The molecule has 2 N–H and O–H groups in total. The van der Waals surface area contributed by atoms with E-state index in [1.807, 2.05) is 83.9 Å². The van der Waals surface area contributed by atoms with E-state index in [2.05, 4.69) is 34.7 Å². The summed E-state index contributed by atoms with van der Waals surface area (Å²) in [5, 5.41) is 8.71. The maximum absolute atomic E-state index is 12.1. The Kier molecular flexibility index (Phi) is 5.60. The van der Waals surface area contributed by atoms with Gasteiger partial charge >= 0.3 is 0 Å². The van der Waals surface area contributed by atoms with E-state index >= 15 is 0 Å². The van der Waals surface area contributed by atoms with Gasteiger partial charge in [0.1, 0.15) is 0 Å². The van der Waals surface area contributed by atoms with Crippen LogP contribution in [0.3, 0.4) is 0 Å². The molecule has 0 fully saturated rings. The molecule has 5 heteroatoms. The number of aldehydes is 1. The third-order valence-corrected chi connectivity index (χ3v) is 5.85. The van der Waals surface area contributed by atoms with E-state index in [1.165, 1.54) is 0 Å². The number of hydrogen-bond acceptors (Lipinski definition) is 4. The molecule has 5 nitrogen and oxygen atoms in total. The van der Waals surface area contributed by atoms with E-state index in [1.54, 1.807) is 6.21 Å². The highest BCUT2D eigenvalue weighted by atomic mass is 16.1. The van der Waals surface area contributed by atoms with Gasteiger partial charge in [-0.1, -0.05) is 61.5 Å². The highest BCUT2D eigenvalue weighted by Crippen LogP contribution is 2.31. The molecule has 0 amide bonds. The normalized spacial score (nSPS) is 11.3. The number of carbonyl (C=O) groups is 1. The van der Waals surface area contributed by atoms with Gasteiger partial charge in [0, 0.05) is 27.4 Å². The minimum atomic E-state index is 0.660. The number of nitrogens with zero attached hydrogens (tertiary/aromatic N) is 2. The van der Waals surface area contributed by atoms with Gasteiger partial charge in [-0.2, -0.15) is 5.10 Å². The van der Waals surface area contributed by atoms with Crippen molar-refractivity contribution in [2.45, 2.75) is 13.3 Å². The monoisotopic (exact) mass is 432 g/mol. The Labute approximate surface area is 192 Å². The molecule has 0 atom stereocenters. The van der Waals surface area contributed by atoms with Crippen LogP contribution in [0.2, 0.25) is 0 Å². The Morgan fingerprint density at radius 2 is 1.48 bits per heavy atom. The maximum atomic E-state index is 12.1. The molecular formula is C28H24N4O. The van der Waals surface area contributed by atoms with E-state index in [0.717, 1.165) is 57.0 Å². The Bertz CT molecular complexity index is 1400. The fraction of sp³-hybridized carbons (Fsp3) is 0.0714. The molecule has 0 spiro atoms. The number of hydrazine groups is 1. The van der Waals surface area contributed by atoms with Crippen LogP contribution in [0.4, 0.5) is 11.4 Å². The first-order valence-corrected chi connectivity index (χ1v) is 11.0. The molecule has 0 saturated carbocycles. The van der Waals surface area contributed by atoms with Gasteiger partial charge in [0.2, 0.25) is 0 Å². The smallest absolute Gasteiger partial charge is 0.151 e. The molecule has 162 valence electrons. The Hall–Kier alpha value is -4.38. The first-order valence-electron chi connectivity index (χ1n) is 11.0. The predicted molar refractivity (Wildman–Crippen MR) is 136 cm³/mol. The van der Waals surface area contributed by atoms with Crippen LogP contribution >= 0.6 is 0 Å². The molecular weight excluding hydrogens is 408 g/mol. The summed E-state index contributed by atoms with van der Waals surface area (Å²) < 4.78 is 0. The van der Waals surface area contributed by atoms with Crippen LogP contribution in [0.1, 0.15) is 28.4 Å². The van der Waals surface area contributed by atoms with Crippen LogP contribution < -0.4 is 10.5 Å². The van der Waals surface area contributed by atoms with Crippen molar-refractivity contribution in [2.24, 2.45) is 5.10 Å². The SMILES string of the molecule is CCc1cc2c([nH]c3ccccc32)c(C=NNN(c2ccccc2)c2ccccc2)c1C=O. The second-order valence-electron chi connectivity index (χ2n) is 7.79. The summed E-state index contributed by atoms with van der Waals surface area (Å²) in [6.45, 7) is 2.06. The zero-order valence-corrected chi connectivity index (χ0v) is 18.3. The highest BCUT2D eigenvalue weighted by Gasteiger charge is 2.15. The maximum Gasteiger partial charge on any atom is 0.151 e. The van der Waals surface area contributed by atoms with Gasteiger partial charge < -0.3 is 4.98 Å². The van der Waals surface area contributed by atoms with Crippen LogP contribution in [0.15, 0.2) is 96.1 Å². The van der Waals surface area contributed by atoms with Crippen molar-refractivity contribution in [3.8, 4) is 0 Å². The number of hydrazone groups is 1. The number of aryl methyl sites for hydroxylation is 1. The lowest BCUT2D eigenvalue weighted by Crippen LogP contribution is -2.29. The molecule has 4 aromatic carbocycles. The van der Waals surface area contributed by atoms with Gasteiger partial charge in [-0.15, -0.1) is 0 Å². The van der Waals surface area contributed by atoms with Gasteiger partial charge in [-0.3, -0.25) is 4.79 Å². The fourth-order valence-electron chi connectivity index (χ4n) is 4.22. The van der Waals surface area contributed by atoms with E-state index in [4.69, 9.17) is 0 Å². The molecule has 0 radical (unpaired) electrons. The number of hydrogen-bond donors (Lipinski definition) is 2. The standard InChI is InChI=1S/C28H24N4O/c1-2-20-17-24-23-15-9-10-16-27(23)30-28(24)25(26(20)19-33)18-29-31-32(21-11-5-3-6-12-21)22-13-7-4-8-14-22/h3-19,30-31H,2H2,1H3. The lowest BCUT2D eigenvalue weighted by atomic mass is 9.96. The number of H-pyrrole nitrogens is 1. The van der Waals surface area contributed by atoms with Crippen molar-refractivity contribution in [1.82, 2.24) is 10.5 Å². The number of anilines is 2. The van der Waals surface area contributed by atoms with Gasteiger partial charge in [0.05, 0.1) is 23.1 Å². The van der Waals surface area contributed by atoms with Crippen LogP contribution in [0, 0.1) is 0 Å². The summed E-state index contributed by atoms with van der Waals surface area (Å²) in [5.74, 6) is 0. The largest absolute Gasteiger partial charge is 0.354 e. The second-order valence-corrected chi connectivity index (χ2v) is 7.79. The summed E-state index contributed by atoms with van der Waals surface area (Å²) in [5.41, 5.74) is 9.46. The zero-order valence-electron chi connectivity index (χ0n) is 18.3. The topological polar surface area (TPSA) is 60.5 Å². The van der Waals surface area contributed by atoms with E-state index in [-0.39, 0.29) is 0 Å². The lowest BCUT2D eigenvalue weighted by Gasteiger charge is -2.23. The number of aromatic amines is 1. The molecule has 1 aromatic heterocycles. The van der Waals surface area contributed by atoms with Crippen molar-refractivity contribution in [3.63, 3.8) is 0 Å². The average molecular weight is 433 g/mol. The van der Waals surface area contributed by atoms with Gasteiger partial charge in [0.15, 0.2) is 6.29 Å². The van der Waals surface area contributed by atoms with Gasteiger partial charge in [-0.25, -0.2) is 10.5 Å². The van der Waals surface area contributed by atoms with E-state index in [0.29, 0.717) is 5.56 Å². The third-order valence-electron chi connectivity index (χ3n) is 5.85. The summed E-state index contributed by atoms with van der Waals surface area (Å²) in [6, 6.07) is 30.3. The Morgan fingerprint density at radius 1 is 0.848 bits per heavy atom. The van der Waals surface area contributed by atoms with Gasteiger partial charge in [-0.05, 0) is 48.4 Å². The number of benzene rings is 4. The van der Waals surface area contributed by atoms with Crippen LogP contribution in [-0.4, -0.2) is 17.5 Å². The first-order chi connectivity index (χ1) is 16.3. The minimum Gasteiger partial charge on any atom is -0.354 e. The molecule has 0 aliphatic heterocycles. The summed E-state index contributed by atoms with van der Waals surface area (Å²) in [4.78, 5) is 15.6. The van der Waals surface area contributed by atoms with Crippen molar-refractivity contribution in [1.29, 1.82) is 0 Å². The second kappa shape index (κ2) is 9.01. The Balaban J connectivity index is 1.60. The number of fused-ring (bicyclic) bond motifs is 3. The van der Waals surface area contributed by atoms with Crippen molar-refractivity contribution < 1.29 is 4.79 Å². The minimum absolute atomic E-state index is 0.660. The van der Waals surface area contributed by atoms with Crippen molar-refractivity contribution in [3.05, 3.63) is 108 Å². The van der Waals surface area contributed by atoms with E-state index in [9.17, 15) is 4.79 Å². The molecule has 33 heavy (non-hydrogen) atoms. The highest BCUT2D eigenvalue weighted by molar-refractivity contribution is 6.15. The number of nitrogens with one attached hydrogen (secondary N) is 2. The number of para-hydroxylation sites is 3. The first kappa shape index (κ1) is 20.5.